The van der Waals surface area contributed by atoms with Crippen LogP contribution in [0, 0.1) is 0 Å². The summed E-state index contributed by atoms with van der Waals surface area (Å²) >= 11 is 0. The Morgan fingerprint density at radius 1 is 0.274 bits per heavy atom. The van der Waals surface area contributed by atoms with Gasteiger partial charge in [-0.15, -0.1) is 0 Å². The molecular weight excluding hydrogens is 747 g/mol. The molecule has 0 bridgehead atoms. The molecule has 0 radical (unpaired) electrons. The van der Waals surface area contributed by atoms with Crippen molar-refractivity contribution in [3.63, 3.8) is 0 Å². The van der Waals surface area contributed by atoms with Crippen LogP contribution in [0.5, 0.6) is 0 Å². The predicted molar refractivity (Wildman–Crippen MR) is 283 cm³/mol. The number of hydrogen-bond acceptors (Lipinski definition) is 0. The van der Waals surface area contributed by atoms with E-state index in [-0.39, 0.29) is 0 Å². The van der Waals surface area contributed by atoms with Crippen molar-refractivity contribution in [3.05, 3.63) is 72.4 Å². The number of benzene rings is 1. The van der Waals surface area contributed by atoms with E-state index in [1.165, 1.54) is 300 Å². The molecule has 0 aliphatic carbocycles. The van der Waals surface area contributed by atoms with Gasteiger partial charge in [0.2, 0.25) is 0 Å². The molecule has 0 N–H and O–H groups in total. The average molecular weight is 860 g/mol. The minimum absolute atomic E-state index is 1.19. The first kappa shape index (κ1) is 58.4. The van der Waals surface area contributed by atoms with Crippen LogP contribution in [0.2, 0.25) is 0 Å². The van der Waals surface area contributed by atoms with Crippen molar-refractivity contribution in [1.29, 1.82) is 0 Å². The Kier molecular flexibility index (Phi) is 46.0. The quantitative estimate of drug-likeness (QED) is 0.0348. The fourth-order valence-corrected chi connectivity index (χ4v) is 9.83. The summed E-state index contributed by atoms with van der Waals surface area (Å²) in [5.74, 6) is 0. The highest BCUT2D eigenvalue weighted by atomic mass is 15.3. The second kappa shape index (κ2) is 48.8. The van der Waals surface area contributed by atoms with Gasteiger partial charge >= 0.3 is 0 Å². The van der Waals surface area contributed by atoms with Crippen LogP contribution in [0.25, 0.3) is 0 Å². The Morgan fingerprint density at radius 2 is 0.500 bits per heavy atom. The highest BCUT2D eigenvalue weighted by Gasteiger charge is 2.26. The zero-order chi connectivity index (χ0) is 44.4. The summed E-state index contributed by atoms with van der Waals surface area (Å²) in [5, 5.41) is 0. The highest BCUT2D eigenvalue weighted by molar-refractivity contribution is 5.13. The summed E-state index contributed by atoms with van der Waals surface area (Å²) in [6.45, 7) is 12.1. The van der Waals surface area contributed by atoms with Gasteiger partial charge in [0, 0.05) is 5.56 Å². The van der Waals surface area contributed by atoms with Crippen LogP contribution in [0.3, 0.4) is 0 Å². The molecule has 1 nitrogen and oxygen atoms in total. The monoisotopic (exact) mass is 859 g/mol. The second-order valence-corrected chi connectivity index (χ2v) is 19.9. The van der Waals surface area contributed by atoms with Crippen LogP contribution in [0.4, 0.5) is 0 Å². The van der Waals surface area contributed by atoms with Gasteiger partial charge in [-0.3, -0.25) is 0 Å². The van der Waals surface area contributed by atoms with Crippen molar-refractivity contribution in [1.82, 2.24) is 0 Å². The van der Waals surface area contributed by atoms with Gasteiger partial charge in [-0.05, 0) is 96.3 Å². The van der Waals surface area contributed by atoms with E-state index in [1.54, 1.807) is 5.56 Å². The molecule has 0 saturated carbocycles. The van der Waals surface area contributed by atoms with Crippen molar-refractivity contribution in [2.45, 2.75) is 297 Å². The third kappa shape index (κ3) is 41.1. The third-order valence-electron chi connectivity index (χ3n) is 13.8. The van der Waals surface area contributed by atoms with Gasteiger partial charge < -0.3 is 4.48 Å². The third-order valence-corrected chi connectivity index (χ3v) is 13.8. The zero-order valence-corrected chi connectivity index (χ0v) is 42.8. The Hall–Kier alpha value is -1.60. The summed E-state index contributed by atoms with van der Waals surface area (Å²) in [6, 6.07) is 11.6. The topological polar surface area (TPSA) is 0 Å². The molecule has 0 fully saturated rings. The fraction of sp³-hybridized carbons (Fsp3) is 0.803. The summed E-state index contributed by atoms with van der Waals surface area (Å²) < 4.78 is 1.35. The number of allylic oxidation sites excluding steroid dienone is 6. The van der Waals surface area contributed by atoms with Crippen LogP contribution in [-0.2, 0) is 6.54 Å². The number of hydrogen-bond donors (Lipinski definition) is 0. The number of rotatable bonds is 50. The molecule has 0 saturated heterocycles. The lowest BCUT2D eigenvalue weighted by molar-refractivity contribution is -0.941. The van der Waals surface area contributed by atoms with E-state index in [9.17, 15) is 0 Å². The second-order valence-electron chi connectivity index (χ2n) is 19.9. The van der Waals surface area contributed by atoms with E-state index in [4.69, 9.17) is 0 Å². The van der Waals surface area contributed by atoms with Gasteiger partial charge in [0.05, 0.1) is 19.6 Å². The largest absolute Gasteiger partial charge is 0.320 e. The Morgan fingerprint density at radius 3 is 0.742 bits per heavy atom. The first-order valence-electron chi connectivity index (χ1n) is 28.6. The van der Waals surface area contributed by atoms with Crippen LogP contribution < -0.4 is 0 Å². The van der Waals surface area contributed by atoms with E-state index < -0.39 is 0 Å². The lowest BCUT2D eigenvalue weighted by Gasteiger charge is -2.39. The smallest absolute Gasteiger partial charge is 0.104 e. The maximum absolute atomic E-state index is 2.42. The summed E-state index contributed by atoms with van der Waals surface area (Å²) in [4.78, 5) is 0. The van der Waals surface area contributed by atoms with Gasteiger partial charge in [-0.25, -0.2) is 0 Å². The molecule has 1 heteroatoms. The molecule has 1 rings (SSSR count). The van der Waals surface area contributed by atoms with Gasteiger partial charge in [0.25, 0.3) is 0 Å². The summed E-state index contributed by atoms with van der Waals surface area (Å²) in [5.41, 5.74) is 1.57. The molecule has 1 aromatic rings. The van der Waals surface area contributed by atoms with E-state index in [2.05, 4.69) is 87.6 Å². The summed E-state index contributed by atoms with van der Waals surface area (Å²) in [7, 11) is 0. The molecule has 0 unspecified atom stereocenters. The van der Waals surface area contributed by atoms with Crippen molar-refractivity contribution in [2.24, 2.45) is 0 Å². The standard InChI is InChI=1S/C61H112N/c1-4-7-10-13-16-19-22-25-28-31-34-37-40-43-46-52-57-62(60-61-55-50-49-51-56-61,58-53-47-44-41-38-35-32-29-26-23-20-17-14-11-8-5-2)59-54-48-45-42-39-36-33-30-27-24-21-18-15-12-9-6-3/h7-12,49-51,55-56H,4-6,13-48,52-54,57-60H2,1-3H3/q+1/b10-7+,11-8+,12-9+. The molecule has 0 aromatic heterocycles. The molecule has 0 atom stereocenters. The van der Waals surface area contributed by atoms with Crippen molar-refractivity contribution >= 4 is 0 Å². The van der Waals surface area contributed by atoms with Crippen molar-refractivity contribution in [3.8, 4) is 0 Å². The van der Waals surface area contributed by atoms with Crippen molar-refractivity contribution in [2.75, 3.05) is 19.6 Å². The average Bonchev–Trinajstić information content (AvgIpc) is 3.29. The molecule has 0 spiro atoms. The van der Waals surface area contributed by atoms with Crippen LogP contribution in [0.1, 0.15) is 296 Å². The number of quaternary nitrogens is 1. The lowest BCUT2D eigenvalue weighted by atomic mass is 10.0. The first-order chi connectivity index (χ1) is 30.8. The zero-order valence-electron chi connectivity index (χ0n) is 42.8. The maximum atomic E-state index is 2.42. The minimum atomic E-state index is 1.19. The van der Waals surface area contributed by atoms with E-state index in [0.717, 1.165) is 0 Å². The van der Waals surface area contributed by atoms with Crippen molar-refractivity contribution < 1.29 is 4.48 Å². The maximum Gasteiger partial charge on any atom is 0.104 e. The van der Waals surface area contributed by atoms with Gasteiger partial charge in [0.1, 0.15) is 6.54 Å². The Bertz CT molecular complexity index is 964. The SMILES string of the molecule is CC/C=C/CCCCCCCCCCCCCC[N+](CCCCCCCCCCCCCC/C=C/CC)(CCCCCCCCCCCCCC/C=C/CC)Cc1ccccc1. The molecule has 0 aliphatic rings. The molecule has 0 aliphatic heterocycles. The minimum Gasteiger partial charge on any atom is -0.320 e. The first-order valence-corrected chi connectivity index (χ1v) is 28.6. The van der Waals surface area contributed by atoms with Crippen LogP contribution in [0.15, 0.2) is 66.8 Å². The van der Waals surface area contributed by atoms with Crippen LogP contribution in [-0.4, -0.2) is 24.1 Å². The van der Waals surface area contributed by atoms with Crippen LogP contribution >= 0.6 is 0 Å². The highest BCUT2D eigenvalue weighted by Crippen LogP contribution is 2.23. The molecule has 62 heavy (non-hydrogen) atoms. The van der Waals surface area contributed by atoms with Gasteiger partial charge in [-0.1, -0.05) is 261 Å². The predicted octanol–water partition coefficient (Wildman–Crippen LogP) is 21.1. The molecule has 360 valence electrons. The van der Waals surface area contributed by atoms with E-state index >= 15 is 0 Å². The summed E-state index contributed by atoms with van der Waals surface area (Å²) in [6.07, 6.45) is 73.5. The number of nitrogens with zero attached hydrogens (tertiary/aromatic N) is 1. The van der Waals surface area contributed by atoms with E-state index in [0.29, 0.717) is 0 Å². The van der Waals surface area contributed by atoms with Gasteiger partial charge in [-0.2, -0.15) is 0 Å². The molecule has 0 amide bonds. The fourth-order valence-electron chi connectivity index (χ4n) is 9.83. The lowest BCUT2D eigenvalue weighted by Crippen LogP contribution is -2.49. The van der Waals surface area contributed by atoms with E-state index in [1.807, 2.05) is 0 Å². The number of unbranched alkanes of at least 4 members (excludes halogenated alkanes) is 36. The molecular formula is C61H112N+. The normalized spacial score (nSPS) is 12.3. The Balaban J connectivity index is 2.47. The van der Waals surface area contributed by atoms with Gasteiger partial charge in [0.15, 0.2) is 0 Å². The molecule has 0 heterocycles. The molecule has 1 aromatic carbocycles. The Labute approximate surface area is 391 Å².